The molecule has 1 unspecified atom stereocenters. The van der Waals surface area contributed by atoms with Crippen molar-refractivity contribution in [3.05, 3.63) is 60.0 Å². The van der Waals surface area contributed by atoms with Crippen LogP contribution in [0, 0.1) is 17.2 Å². The van der Waals surface area contributed by atoms with Gasteiger partial charge >= 0.3 is 13.7 Å². The van der Waals surface area contributed by atoms with Crippen molar-refractivity contribution in [2.24, 2.45) is 5.92 Å². The smallest absolute Gasteiger partial charge is 0.406 e. The van der Waals surface area contributed by atoms with Crippen LogP contribution in [-0.2, 0) is 34.5 Å². The largest absolute Gasteiger partial charge is 0.464 e. The Balaban J connectivity index is 1.82. The fourth-order valence-corrected chi connectivity index (χ4v) is 5.67. The molecule has 0 saturated heterocycles. The number of hydrogen-bond acceptors (Lipinski definition) is 12. The molecule has 14 nitrogen and oxygen atoms in total. The van der Waals surface area contributed by atoms with Crippen molar-refractivity contribution < 1.29 is 38.1 Å². The number of fused-ring (bicyclic) bond motifs is 1. The maximum absolute atomic E-state index is 14.0. The number of benzene rings is 1. The zero-order valence-corrected chi connectivity index (χ0v) is 25.5. The second kappa shape index (κ2) is 15.4. The first-order chi connectivity index (χ1) is 20.5. The molecule has 234 valence electrons. The second-order valence-corrected chi connectivity index (χ2v) is 11.8. The van der Waals surface area contributed by atoms with Crippen LogP contribution in [0.5, 0.6) is 0 Å². The van der Waals surface area contributed by atoms with Crippen LogP contribution >= 0.6 is 7.75 Å². The Morgan fingerprint density at radius 1 is 1.19 bits per heavy atom. The normalized spacial score (nSPS) is 16.6. The summed E-state index contributed by atoms with van der Waals surface area (Å²) in [6.45, 7) is 4.63. The first-order valence-corrected chi connectivity index (χ1v) is 15.3. The molecular weight excluding hydrogens is 579 g/mol. The van der Waals surface area contributed by atoms with Gasteiger partial charge in [0.25, 0.3) is 0 Å². The molecule has 2 heterocycles. The number of hydrogen-bond donors (Lipinski definition) is 4. The Morgan fingerprint density at radius 2 is 1.88 bits per heavy atom. The molecule has 1 aromatic carbocycles. The lowest BCUT2D eigenvalue weighted by Gasteiger charge is -2.34. The topological polar surface area (TPSA) is 204 Å². The van der Waals surface area contributed by atoms with Crippen LogP contribution in [0.25, 0.3) is 5.52 Å². The molecule has 0 spiro atoms. The number of rotatable bonds is 17. The van der Waals surface area contributed by atoms with Gasteiger partial charge in [-0.3, -0.25) is 13.8 Å². The highest BCUT2D eigenvalue weighted by atomic mass is 31.2. The van der Waals surface area contributed by atoms with E-state index < -0.39 is 44.2 Å². The summed E-state index contributed by atoms with van der Waals surface area (Å²) >= 11 is 0. The minimum Gasteiger partial charge on any atom is -0.464 e. The lowest BCUT2D eigenvalue weighted by molar-refractivity contribution is -0.147. The van der Waals surface area contributed by atoms with Crippen LogP contribution in [0.3, 0.4) is 0 Å². The molecule has 3 rings (SSSR count). The van der Waals surface area contributed by atoms with Crippen LogP contribution in [-0.4, -0.2) is 68.9 Å². The first-order valence-electron chi connectivity index (χ1n) is 13.8. The van der Waals surface area contributed by atoms with E-state index in [0.29, 0.717) is 11.1 Å². The van der Waals surface area contributed by atoms with Gasteiger partial charge in [-0.25, -0.2) is 19.2 Å². The number of esters is 1. The molecule has 0 amide bonds. The third-order valence-electron chi connectivity index (χ3n) is 7.16. The Morgan fingerprint density at radius 3 is 2.51 bits per heavy atom. The molecular formula is C28H39N6O8P. The van der Waals surface area contributed by atoms with Gasteiger partial charge in [0.1, 0.15) is 42.8 Å². The fraction of sp³-hybridized carbons (Fsp3) is 0.500. The van der Waals surface area contributed by atoms with Crippen molar-refractivity contribution in [2.75, 3.05) is 26.1 Å². The van der Waals surface area contributed by atoms with Crippen molar-refractivity contribution in [1.82, 2.24) is 19.7 Å². The molecule has 0 aliphatic carbocycles. The average Bonchev–Trinajstić information content (AvgIpc) is 3.47. The number of nitriles is 1. The van der Waals surface area contributed by atoms with Gasteiger partial charge in [0.15, 0.2) is 5.82 Å². The number of carbonyl (C=O) groups excluding carboxylic acids is 1. The number of carbonyl (C=O) groups is 1. The molecule has 3 aromatic rings. The lowest BCUT2D eigenvalue weighted by Crippen LogP contribution is -2.50. The first kappa shape index (κ1) is 34.1. The Hall–Kier alpha value is -3.41. The van der Waals surface area contributed by atoms with Crippen molar-refractivity contribution >= 4 is 25.1 Å². The van der Waals surface area contributed by atoms with E-state index >= 15 is 0 Å². The molecule has 2 aromatic heterocycles. The summed E-state index contributed by atoms with van der Waals surface area (Å²) in [5, 5.41) is 39.0. The lowest BCUT2D eigenvalue weighted by atomic mass is 9.93. The Labute approximate surface area is 250 Å². The highest BCUT2D eigenvalue weighted by molar-refractivity contribution is 7.51. The van der Waals surface area contributed by atoms with Gasteiger partial charge in [-0.15, -0.1) is 0 Å². The van der Waals surface area contributed by atoms with Crippen molar-refractivity contribution in [3.8, 4) is 6.07 Å². The SMILES string of the molecule is CCC(CC)COC(=O)[C@H](C)NP(=O)(OCc1ccccc1)OC[C@@](C#N)(OC)[C@@H](O)[C@@H](O)c1ccc2c(N)ncnn12. The number of nitrogens with zero attached hydrogens (tertiary/aromatic N) is 4. The third kappa shape index (κ3) is 8.36. The zero-order chi connectivity index (χ0) is 31.6. The molecule has 5 atom stereocenters. The maximum Gasteiger partial charge on any atom is 0.406 e. The number of nitrogens with one attached hydrogen (secondary N) is 1. The fourth-order valence-electron chi connectivity index (χ4n) is 4.19. The van der Waals surface area contributed by atoms with E-state index in [0.717, 1.165) is 20.0 Å². The molecule has 43 heavy (non-hydrogen) atoms. The predicted molar refractivity (Wildman–Crippen MR) is 156 cm³/mol. The van der Waals surface area contributed by atoms with Gasteiger partial charge in [0.2, 0.25) is 5.60 Å². The minimum absolute atomic E-state index is 0.0868. The quantitative estimate of drug-likeness (QED) is 0.127. The van der Waals surface area contributed by atoms with Gasteiger partial charge in [-0.2, -0.15) is 10.4 Å². The highest BCUT2D eigenvalue weighted by Gasteiger charge is 2.47. The van der Waals surface area contributed by atoms with Crippen LogP contribution in [0.4, 0.5) is 5.82 Å². The van der Waals surface area contributed by atoms with E-state index in [1.165, 1.54) is 29.9 Å². The third-order valence-corrected chi connectivity index (χ3v) is 8.80. The number of aliphatic hydroxyl groups is 2. The second-order valence-electron chi connectivity index (χ2n) is 9.99. The number of nitrogens with two attached hydrogens (primary N) is 1. The van der Waals surface area contributed by atoms with E-state index in [9.17, 15) is 24.8 Å². The van der Waals surface area contributed by atoms with Crippen LogP contribution in [0.15, 0.2) is 48.8 Å². The summed E-state index contributed by atoms with van der Waals surface area (Å²) in [5.41, 5.74) is 4.73. The number of anilines is 1. The highest BCUT2D eigenvalue weighted by Crippen LogP contribution is 2.47. The van der Waals surface area contributed by atoms with Gasteiger partial charge in [-0.1, -0.05) is 57.0 Å². The molecule has 0 fully saturated rings. The van der Waals surface area contributed by atoms with Crippen molar-refractivity contribution in [3.63, 3.8) is 0 Å². The molecule has 0 radical (unpaired) electrons. The Kier molecular flexibility index (Phi) is 12.2. The van der Waals surface area contributed by atoms with Crippen LogP contribution in [0.2, 0.25) is 0 Å². The van der Waals surface area contributed by atoms with Crippen LogP contribution in [0.1, 0.15) is 51.0 Å². The van der Waals surface area contributed by atoms with Crippen molar-refractivity contribution in [2.45, 2.75) is 64.1 Å². The summed E-state index contributed by atoms with van der Waals surface area (Å²) in [6, 6.07) is 12.5. The number of ether oxygens (including phenoxy) is 2. The molecule has 15 heteroatoms. The molecule has 0 aliphatic heterocycles. The number of aromatic nitrogens is 3. The molecule has 0 aliphatic rings. The molecule has 5 N–H and O–H groups in total. The summed E-state index contributed by atoms with van der Waals surface area (Å²) in [7, 11) is -3.25. The number of nitrogen functional groups attached to an aromatic ring is 1. The zero-order valence-electron chi connectivity index (χ0n) is 24.6. The minimum atomic E-state index is -4.37. The van der Waals surface area contributed by atoms with E-state index in [4.69, 9.17) is 24.3 Å². The van der Waals surface area contributed by atoms with E-state index in [1.807, 2.05) is 19.9 Å². The van der Waals surface area contributed by atoms with E-state index in [2.05, 4.69) is 15.2 Å². The van der Waals surface area contributed by atoms with Gasteiger partial charge in [-0.05, 0) is 30.5 Å². The molecule has 0 saturated carbocycles. The summed E-state index contributed by atoms with van der Waals surface area (Å²) in [5.74, 6) is -0.353. The summed E-state index contributed by atoms with van der Waals surface area (Å²) in [4.78, 5) is 16.6. The Bertz CT molecular complexity index is 1430. The van der Waals surface area contributed by atoms with E-state index in [-0.39, 0.29) is 30.6 Å². The number of aliphatic hydroxyl groups excluding tert-OH is 2. The summed E-state index contributed by atoms with van der Waals surface area (Å²) < 4.78 is 37.2. The predicted octanol–water partition coefficient (Wildman–Crippen LogP) is 2.91. The van der Waals surface area contributed by atoms with Gasteiger partial charge in [0, 0.05) is 7.11 Å². The average molecular weight is 619 g/mol. The van der Waals surface area contributed by atoms with Gasteiger partial charge in [0.05, 0.1) is 18.9 Å². The van der Waals surface area contributed by atoms with Gasteiger partial charge < -0.3 is 25.4 Å². The molecule has 0 bridgehead atoms. The number of methoxy groups -OCH3 is 1. The van der Waals surface area contributed by atoms with E-state index in [1.54, 1.807) is 30.3 Å². The monoisotopic (exact) mass is 618 g/mol. The maximum atomic E-state index is 14.0. The van der Waals surface area contributed by atoms with Crippen molar-refractivity contribution in [1.29, 1.82) is 5.26 Å². The summed E-state index contributed by atoms with van der Waals surface area (Å²) in [6.07, 6.45) is -0.828. The van der Waals surface area contributed by atoms with Crippen LogP contribution < -0.4 is 10.8 Å². The standard InChI is InChI=1S/C28H39N6O8P/c1-5-20(6-2)14-40-27(37)19(3)33-43(38,41-15-21-10-8-7-9-11-21)42-17-28(16-29,39-4)25(36)24(35)22-12-13-23-26(30)31-18-32-34(22)23/h7-13,18-20,24-25,35-36H,5-6,14-15,17H2,1-4H3,(H,33,38)(H2,30,31,32)/t19-,24-,25-,28+,43?/m0/s1.